The van der Waals surface area contributed by atoms with Gasteiger partial charge in [-0.15, -0.1) is 0 Å². The third-order valence-electron chi connectivity index (χ3n) is 4.46. The number of aromatic nitrogens is 2. The maximum Gasteiger partial charge on any atom is 0.471 e. The highest BCUT2D eigenvalue weighted by Gasteiger charge is 2.38. The van der Waals surface area contributed by atoms with Gasteiger partial charge < -0.3 is 9.26 Å². The highest BCUT2D eigenvalue weighted by Crippen LogP contribution is 2.29. The van der Waals surface area contributed by atoms with Crippen LogP contribution >= 0.6 is 0 Å². The van der Waals surface area contributed by atoms with E-state index >= 15 is 0 Å². The Morgan fingerprint density at radius 3 is 2.50 bits per heavy atom. The molecule has 2 heterocycles. The van der Waals surface area contributed by atoms with Crippen molar-refractivity contribution < 1.29 is 30.8 Å². The minimum Gasteiger partial charge on any atom is -0.381 e. The van der Waals surface area contributed by atoms with Gasteiger partial charge in [0.2, 0.25) is 15.8 Å². The lowest BCUT2D eigenvalue weighted by molar-refractivity contribution is -0.159. The van der Waals surface area contributed by atoms with Gasteiger partial charge in [0.25, 0.3) is 0 Å². The zero-order valence-electron chi connectivity index (χ0n) is 15.1. The molecule has 154 valence electrons. The van der Waals surface area contributed by atoms with Crippen LogP contribution in [0.2, 0.25) is 0 Å². The van der Waals surface area contributed by atoms with Crippen molar-refractivity contribution in [2.45, 2.75) is 26.1 Å². The van der Waals surface area contributed by atoms with E-state index in [-0.39, 0.29) is 24.0 Å². The predicted molar refractivity (Wildman–Crippen MR) is 93.5 cm³/mol. The lowest BCUT2D eigenvalue weighted by Crippen LogP contribution is -2.34. The molecule has 0 spiro atoms. The molecule has 2 aromatic rings. The molecule has 1 aliphatic heterocycles. The summed E-state index contributed by atoms with van der Waals surface area (Å²) < 4.78 is 73.8. The summed E-state index contributed by atoms with van der Waals surface area (Å²) in [5.74, 6) is -1.55. The van der Waals surface area contributed by atoms with E-state index in [1.807, 2.05) is 0 Å². The van der Waals surface area contributed by atoms with E-state index in [0.29, 0.717) is 30.9 Å². The van der Waals surface area contributed by atoms with Gasteiger partial charge in [0, 0.05) is 25.3 Å². The molecule has 1 saturated heterocycles. The second-order valence-corrected chi connectivity index (χ2v) is 8.57. The van der Waals surface area contributed by atoms with Crippen LogP contribution in [0, 0.1) is 5.92 Å². The summed E-state index contributed by atoms with van der Waals surface area (Å²) in [6.07, 6.45) is -3.97. The average Bonchev–Trinajstić information content (AvgIpc) is 3.31. The van der Waals surface area contributed by atoms with Crippen molar-refractivity contribution in [1.82, 2.24) is 14.4 Å². The van der Waals surface area contributed by atoms with Crippen molar-refractivity contribution in [2.24, 2.45) is 5.92 Å². The summed E-state index contributed by atoms with van der Waals surface area (Å²) in [7, 11) is -3.44. The van der Waals surface area contributed by atoms with Gasteiger partial charge in [-0.3, -0.25) is 0 Å². The molecular formula is C17H20F3N3O4S. The van der Waals surface area contributed by atoms with Gasteiger partial charge >= 0.3 is 12.1 Å². The van der Waals surface area contributed by atoms with E-state index in [4.69, 9.17) is 4.74 Å². The van der Waals surface area contributed by atoms with E-state index in [9.17, 15) is 21.6 Å². The largest absolute Gasteiger partial charge is 0.471 e. The third kappa shape index (κ3) is 4.89. The van der Waals surface area contributed by atoms with E-state index in [1.165, 1.54) is 16.4 Å². The van der Waals surface area contributed by atoms with Crippen LogP contribution in [-0.2, 0) is 27.5 Å². The zero-order chi connectivity index (χ0) is 20.4. The van der Waals surface area contributed by atoms with Crippen molar-refractivity contribution in [3.05, 3.63) is 35.7 Å². The number of hydrogen-bond acceptors (Lipinski definition) is 6. The number of sulfonamides is 1. The van der Waals surface area contributed by atoms with Crippen molar-refractivity contribution in [3.63, 3.8) is 0 Å². The van der Waals surface area contributed by atoms with E-state index in [1.54, 1.807) is 19.1 Å². The van der Waals surface area contributed by atoms with E-state index < -0.39 is 22.1 Å². The number of rotatable bonds is 7. The van der Waals surface area contributed by atoms with Gasteiger partial charge in [0.05, 0.1) is 12.4 Å². The average molecular weight is 419 g/mol. The smallest absolute Gasteiger partial charge is 0.381 e. The molecule has 0 saturated carbocycles. The Morgan fingerprint density at radius 1 is 1.25 bits per heavy atom. The van der Waals surface area contributed by atoms with Crippen LogP contribution in [0.25, 0.3) is 11.4 Å². The Bertz CT molecular complexity index is 891. The van der Waals surface area contributed by atoms with Gasteiger partial charge in [-0.1, -0.05) is 36.3 Å². The lowest BCUT2D eigenvalue weighted by Gasteiger charge is -2.22. The maximum atomic E-state index is 12.6. The van der Waals surface area contributed by atoms with Crippen LogP contribution in [0.4, 0.5) is 13.2 Å². The first-order valence-corrected chi connectivity index (χ1v) is 10.4. The number of nitrogens with zero attached hydrogens (tertiary/aromatic N) is 3. The summed E-state index contributed by atoms with van der Waals surface area (Å²) in [4.78, 5) is 3.33. The van der Waals surface area contributed by atoms with Crippen LogP contribution in [-0.4, -0.2) is 48.4 Å². The maximum absolute atomic E-state index is 12.6. The Labute approximate surface area is 160 Å². The first-order chi connectivity index (χ1) is 13.2. The summed E-state index contributed by atoms with van der Waals surface area (Å²) in [5.41, 5.74) is 1.05. The molecule has 0 bridgehead atoms. The molecule has 1 atom stereocenters. The molecule has 0 radical (unpaired) electrons. The summed E-state index contributed by atoms with van der Waals surface area (Å²) >= 11 is 0. The van der Waals surface area contributed by atoms with Crippen molar-refractivity contribution >= 4 is 10.0 Å². The number of hydrogen-bond donors (Lipinski definition) is 0. The molecule has 0 amide bonds. The molecule has 7 nitrogen and oxygen atoms in total. The fraction of sp³-hybridized carbons (Fsp3) is 0.529. The second-order valence-electron chi connectivity index (χ2n) is 6.55. The second kappa shape index (κ2) is 8.18. The standard InChI is InChI=1S/C17H20F3N3O4S/c1-2-23(28(24,25)11-13-7-8-26-10-13)9-12-3-5-14(6-4-12)15-21-16(27-22-15)17(18,19)20/h3-6,13H,2,7-11H2,1H3. The normalized spacial score (nSPS) is 18.1. The summed E-state index contributed by atoms with van der Waals surface area (Å²) in [6.45, 7) is 3.29. The van der Waals surface area contributed by atoms with E-state index in [2.05, 4.69) is 14.7 Å². The molecule has 1 aromatic carbocycles. The molecule has 28 heavy (non-hydrogen) atoms. The number of halogens is 3. The van der Waals surface area contributed by atoms with Crippen LogP contribution in [0.5, 0.6) is 0 Å². The topological polar surface area (TPSA) is 85.5 Å². The molecule has 0 aliphatic carbocycles. The SMILES string of the molecule is CCN(Cc1ccc(-c2noc(C(F)(F)F)n2)cc1)S(=O)(=O)CC1CCOC1. The van der Waals surface area contributed by atoms with Crippen LogP contribution in [0.15, 0.2) is 28.8 Å². The lowest BCUT2D eigenvalue weighted by atomic mass is 10.1. The minimum absolute atomic E-state index is 0.00231. The number of alkyl halides is 3. The van der Waals surface area contributed by atoms with Gasteiger partial charge in [-0.25, -0.2) is 8.42 Å². The highest BCUT2D eigenvalue weighted by atomic mass is 32.2. The Morgan fingerprint density at radius 2 is 1.96 bits per heavy atom. The summed E-state index contributed by atoms with van der Waals surface area (Å²) in [6, 6.07) is 6.34. The fourth-order valence-electron chi connectivity index (χ4n) is 2.94. The quantitative estimate of drug-likeness (QED) is 0.686. The third-order valence-corrected chi connectivity index (χ3v) is 6.52. The molecule has 1 fully saturated rings. The van der Waals surface area contributed by atoms with Gasteiger partial charge in [0.1, 0.15) is 0 Å². The number of benzene rings is 1. The molecule has 1 unspecified atom stereocenters. The zero-order valence-corrected chi connectivity index (χ0v) is 16.0. The molecular weight excluding hydrogens is 399 g/mol. The Kier molecular flexibility index (Phi) is 6.06. The monoisotopic (exact) mass is 419 g/mol. The van der Waals surface area contributed by atoms with Gasteiger partial charge in [-0.05, 0) is 17.9 Å². The van der Waals surface area contributed by atoms with E-state index in [0.717, 1.165) is 6.42 Å². The fourth-order valence-corrected chi connectivity index (χ4v) is 4.75. The van der Waals surface area contributed by atoms with Gasteiger partial charge in [-0.2, -0.15) is 22.5 Å². The Balaban J connectivity index is 1.69. The molecule has 11 heteroatoms. The number of ether oxygens (including phenoxy) is 1. The van der Waals surface area contributed by atoms with Crippen LogP contribution < -0.4 is 0 Å². The predicted octanol–water partition coefficient (Wildman–Crippen LogP) is 2.94. The van der Waals surface area contributed by atoms with Crippen molar-refractivity contribution in [2.75, 3.05) is 25.5 Å². The highest BCUT2D eigenvalue weighted by molar-refractivity contribution is 7.89. The minimum atomic E-state index is -4.70. The van der Waals surface area contributed by atoms with Crippen LogP contribution in [0.1, 0.15) is 24.8 Å². The Hall–Kier alpha value is -1.98. The molecule has 1 aliphatic rings. The molecule has 1 aromatic heterocycles. The van der Waals surface area contributed by atoms with Crippen LogP contribution in [0.3, 0.4) is 0 Å². The first-order valence-electron chi connectivity index (χ1n) is 8.75. The van der Waals surface area contributed by atoms with Crippen molar-refractivity contribution in [3.8, 4) is 11.4 Å². The van der Waals surface area contributed by atoms with Gasteiger partial charge in [0.15, 0.2) is 0 Å². The first kappa shape index (κ1) is 20.7. The molecule has 3 rings (SSSR count). The molecule has 0 N–H and O–H groups in total. The van der Waals surface area contributed by atoms with Crippen molar-refractivity contribution in [1.29, 1.82) is 0 Å². The summed E-state index contributed by atoms with van der Waals surface area (Å²) in [5, 5.41) is 3.33.